The van der Waals surface area contributed by atoms with E-state index in [1.54, 1.807) is 62.4 Å². The van der Waals surface area contributed by atoms with Crippen LogP contribution >= 0.6 is 0 Å². The summed E-state index contributed by atoms with van der Waals surface area (Å²) >= 11 is 0. The van der Waals surface area contributed by atoms with Gasteiger partial charge in [-0.15, -0.1) is 8.78 Å². The van der Waals surface area contributed by atoms with Crippen LogP contribution < -0.4 is 9.64 Å². The van der Waals surface area contributed by atoms with Gasteiger partial charge in [-0.2, -0.15) is 22.0 Å². The predicted molar refractivity (Wildman–Crippen MR) is 132 cm³/mol. The van der Waals surface area contributed by atoms with E-state index in [2.05, 4.69) is 9.72 Å². The summed E-state index contributed by atoms with van der Waals surface area (Å²) in [5.74, 6) is -0.371. The minimum atomic E-state index is -4.59. The van der Waals surface area contributed by atoms with Crippen LogP contribution in [0, 0.1) is 0 Å². The second kappa shape index (κ2) is 12.3. The number of hydrogen-bond donors (Lipinski definition) is 0. The maximum Gasteiger partial charge on any atom is 0.483 e. The largest absolute Gasteiger partial charge is 0.483 e. The van der Waals surface area contributed by atoms with Crippen molar-refractivity contribution in [3.05, 3.63) is 101 Å². The van der Waals surface area contributed by atoms with Gasteiger partial charge in [0.1, 0.15) is 11.4 Å². The third-order valence-corrected chi connectivity index (χ3v) is 5.96. The Hall–Kier alpha value is -4.22. The number of carbonyl (C=O) groups excluding carboxylic acids is 2. The van der Waals surface area contributed by atoms with E-state index in [0.29, 0.717) is 16.8 Å². The second-order valence-electron chi connectivity index (χ2n) is 9.29. The summed E-state index contributed by atoms with van der Waals surface area (Å²) in [6.07, 6.45) is -5.59. The van der Waals surface area contributed by atoms with Crippen molar-refractivity contribution in [2.24, 2.45) is 0 Å². The lowest BCUT2D eigenvalue weighted by Gasteiger charge is -2.27. The Bertz CT molecular complexity index is 1370. The van der Waals surface area contributed by atoms with Crippen molar-refractivity contribution in [3.63, 3.8) is 0 Å². The van der Waals surface area contributed by atoms with Crippen molar-refractivity contribution in [2.45, 2.75) is 44.5 Å². The number of halogens is 7. The lowest BCUT2D eigenvalue weighted by molar-refractivity contribution is -0.141. The van der Waals surface area contributed by atoms with E-state index in [0.717, 1.165) is 6.07 Å². The van der Waals surface area contributed by atoms with Crippen molar-refractivity contribution < 1.29 is 45.1 Å². The number of anilines is 1. The summed E-state index contributed by atoms with van der Waals surface area (Å²) in [5, 5.41) is 0. The molecule has 1 unspecified atom stereocenters. The van der Waals surface area contributed by atoms with E-state index in [1.807, 2.05) is 0 Å². The maximum atomic E-state index is 13.6. The molecular weight excluding hydrogens is 545 g/mol. The first-order valence-corrected chi connectivity index (χ1v) is 11.7. The number of pyridine rings is 1. The van der Waals surface area contributed by atoms with E-state index < -0.39 is 36.2 Å². The SMILES string of the molecule is CC(C)(CC1=CC(c2cccc(OC(F)F)c2)N(c2ccccc2)C1=O)c1cccc(C(F)(F)F)n1.O=C(F)F. The number of ether oxygens (including phenoxy) is 1. The molecule has 3 aromatic rings. The van der Waals surface area contributed by atoms with Gasteiger partial charge in [0.15, 0.2) is 0 Å². The number of nitrogens with zero attached hydrogens (tertiary/aromatic N) is 2. The fraction of sp³-hybridized carbons (Fsp3) is 0.250. The van der Waals surface area contributed by atoms with Gasteiger partial charge in [0, 0.05) is 22.4 Å². The molecule has 4 rings (SSSR count). The van der Waals surface area contributed by atoms with Crippen molar-refractivity contribution >= 4 is 17.9 Å². The third-order valence-electron chi connectivity index (χ3n) is 5.96. The number of hydrogen-bond acceptors (Lipinski definition) is 4. The Balaban J connectivity index is 0.00000103. The molecule has 0 aliphatic carbocycles. The summed E-state index contributed by atoms with van der Waals surface area (Å²) < 4.78 is 89.1. The number of aromatic nitrogens is 1. The Morgan fingerprint density at radius 2 is 1.55 bits per heavy atom. The number of para-hydroxylation sites is 1. The monoisotopic (exact) mass is 568 g/mol. The summed E-state index contributed by atoms with van der Waals surface area (Å²) in [6, 6.07) is 18.0. The zero-order valence-electron chi connectivity index (χ0n) is 21.1. The van der Waals surface area contributed by atoms with Crippen LogP contribution in [0.4, 0.5) is 41.2 Å². The molecule has 1 aliphatic rings. The van der Waals surface area contributed by atoms with Gasteiger partial charge < -0.3 is 4.74 Å². The first-order chi connectivity index (χ1) is 18.7. The van der Waals surface area contributed by atoms with Gasteiger partial charge in [0.2, 0.25) is 0 Å². The fourth-order valence-electron chi connectivity index (χ4n) is 4.27. The van der Waals surface area contributed by atoms with Crippen LogP contribution in [0.1, 0.15) is 43.3 Å². The summed E-state index contributed by atoms with van der Waals surface area (Å²) in [7, 11) is 0. The number of benzene rings is 2. The summed E-state index contributed by atoms with van der Waals surface area (Å²) in [4.78, 5) is 27.1. The lowest BCUT2D eigenvalue weighted by Crippen LogP contribution is -2.31. The summed E-state index contributed by atoms with van der Waals surface area (Å²) in [5.41, 5.74) is -0.175. The third kappa shape index (κ3) is 7.67. The van der Waals surface area contributed by atoms with Gasteiger partial charge in [-0.25, -0.2) is 9.78 Å². The molecule has 1 aliphatic heterocycles. The standard InChI is InChI=1S/C27H23F5N2O2.CF2O/c1-26(2,22-12-7-13-23(33-22)27(30,31)32)16-18-15-21(17-8-6-11-20(14-17)36-25(28)29)34(24(18)35)19-9-4-3-5-10-19;2-1(3)4/h3-15,21,25H,16H2,1-2H3;. The highest BCUT2D eigenvalue weighted by molar-refractivity contribution is 6.09. The molecule has 212 valence electrons. The molecule has 0 saturated carbocycles. The van der Waals surface area contributed by atoms with Crippen molar-refractivity contribution in [3.8, 4) is 5.75 Å². The van der Waals surface area contributed by atoms with E-state index in [-0.39, 0.29) is 23.8 Å². The molecule has 40 heavy (non-hydrogen) atoms. The molecule has 0 radical (unpaired) electrons. The number of rotatable bonds is 7. The molecular formula is C28H23F7N2O3. The molecule has 5 nitrogen and oxygen atoms in total. The highest BCUT2D eigenvalue weighted by Gasteiger charge is 2.39. The van der Waals surface area contributed by atoms with E-state index >= 15 is 0 Å². The normalized spacial score (nSPS) is 15.4. The quantitative estimate of drug-likeness (QED) is 0.213. The average Bonchev–Trinajstić information content (AvgIpc) is 3.19. The first kappa shape index (κ1) is 30.3. The van der Waals surface area contributed by atoms with Crippen molar-refractivity contribution in [2.75, 3.05) is 4.90 Å². The van der Waals surface area contributed by atoms with E-state index in [9.17, 15) is 35.5 Å². The Kier molecular flexibility index (Phi) is 9.33. The van der Waals surface area contributed by atoms with Gasteiger partial charge in [-0.1, -0.05) is 50.2 Å². The highest BCUT2D eigenvalue weighted by atomic mass is 19.4. The van der Waals surface area contributed by atoms with E-state index in [1.165, 1.54) is 29.2 Å². The van der Waals surface area contributed by atoms with Crippen LogP contribution in [0.3, 0.4) is 0 Å². The van der Waals surface area contributed by atoms with Gasteiger partial charge in [0.25, 0.3) is 5.91 Å². The number of alkyl halides is 5. The molecule has 12 heteroatoms. The Labute approximate surface area is 224 Å². The molecule has 2 aromatic carbocycles. The van der Waals surface area contributed by atoms with Gasteiger partial charge in [-0.3, -0.25) is 9.69 Å². The zero-order chi connectivity index (χ0) is 29.7. The average molecular weight is 568 g/mol. The van der Waals surface area contributed by atoms with Crippen molar-refractivity contribution in [1.82, 2.24) is 4.98 Å². The minimum absolute atomic E-state index is 0.0432. The van der Waals surface area contributed by atoms with Crippen molar-refractivity contribution in [1.29, 1.82) is 0 Å². The fourth-order valence-corrected chi connectivity index (χ4v) is 4.27. The van der Waals surface area contributed by atoms with Crippen LogP contribution in [0.25, 0.3) is 0 Å². The lowest BCUT2D eigenvalue weighted by atomic mass is 9.81. The Morgan fingerprint density at radius 1 is 0.950 bits per heavy atom. The molecule has 0 bridgehead atoms. The van der Waals surface area contributed by atoms with Gasteiger partial charge in [-0.05, 0) is 54.5 Å². The second-order valence-corrected chi connectivity index (χ2v) is 9.29. The van der Waals surface area contributed by atoms with Crippen LogP contribution in [-0.2, 0) is 16.4 Å². The molecule has 1 atom stereocenters. The topological polar surface area (TPSA) is 59.5 Å². The molecule has 0 N–H and O–H groups in total. The van der Waals surface area contributed by atoms with Crippen LogP contribution in [0.5, 0.6) is 5.75 Å². The van der Waals surface area contributed by atoms with Crippen LogP contribution in [-0.4, -0.2) is 23.8 Å². The predicted octanol–water partition coefficient (Wildman–Crippen LogP) is 8.13. The van der Waals surface area contributed by atoms with Gasteiger partial charge in [0.05, 0.1) is 6.04 Å². The molecule has 2 heterocycles. The zero-order valence-corrected chi connectivity index (χ0v) is 21.1. The smallest absolute Gasteiger partial charge is 0.435 e. The molecule has 0 spiro atoms. The highest BCUT2D eigenvalue weighted by Crippen LogP contribution is 2.41. The number of amides is 1. The summed E-state index contributed by atoms with van der Waals surface area (Å²) in [6.45, 7) is 0.449. The number of carbonyl (C=O) groups is 2. The van der Waals surface area contributed by atoms with Crippen LogP contribution in [0.15, 0.2) is 84.4 Å². The molecule has 1 aromatic heterocycles. The minimum Gasteiger partial charge on any atom is -0.435 e. The Morgan fingerprint density at radius 3 is 2.15 bits per heavy atom. The molecule has 0 saturated heterocycles. The molecule has 0 fully saturated rings. The maximum absolute atomic E-state index is 13.6. The first-order valence-electron chi connectivity index (χ1n) is 11.7. The van der Waals surface area contributed by atoms with Crippen LogP contribution in [0.2, 0.25) is 0 Å². The molecule has 1 amide bonds. The van der Waals surface area contributed by atoms with Gasteiger partial charge >= 0.3 is 19.1 Å². The van der Waals surface area contributed by atoms with E-state index in [4.69, 9.17) is 4.79 Å².